The maximum Gasteiger partial charge on any atom is 0.229 e. The predicted molar refractivity (Wildman–Crippen MR) is 73.9 cm³/mol. The summed E-state index contributed by atoms with van der Waals surface area (Å²) < 4.78 is 5.40. The summed E-state index contributed by atoms with van der Waals surface area (Å²) in [4.78, 5) is 11.9. The largest absolute Gasteiger partial charge is 0.393 e. The van der Waals surface area contributed by atoms with Crippen LogP contribution in [-0.2, 0) is 9.53 Å². The van der Waals surface area contributed by atoms with Gasteiger partial charge in [0.15, 0.2) is 0 Å². The van der Waals surface area contributed by atoms with Gasteiger partial charge >= 0.3 is 0 Å². The van der Waals surface area contributed by atoms with E-state index in [1.165, 1.54) is 0 Å². The van der Waals surface area contributed by atoms with Crippen LogP contribution in [0.5, 0.6) is 0 Å². The molecule has 0 aliphatic carbocycles. The van der Waals surface area contributed by atoms with E-state index in [2.05, 4.69) is 5.32 Å². The second kappa shape index (κ2) is 9.36. The van der Waals surface area contributed by atoms with E-state index >= 15 is 0 Å². The highest BCUT2D eigenvalue weighted by molar-refractivity contribution is 7.80. The zero-order valence-corrected chi connectivity index (χ0v) is 11.8. The number of unbranched alkanes of at least 4 members (excludes halogenated alkanes) is 1. The minimum absolute atomic E-state index is 0.0650. The van der Waals surface area contributed by atoms with Gasteiger partial charge in [-0.25, -0.2) is 0 Å². The van der Waals surface area contributed by atoms with Crippen molar-refractivity contribution < 1.29 is 9.53 Å². The number of rotatable bonds is 9. The van der Waals surface area contributed by atoms with Gasteiger partial charge in [-0.05, 0) is 33.1 Å². The Labute approximate surface area is 109 Å². The summed E-state index contributed by atoms with van der Waals surface area (Å²) in [6, 6.07) is 0. The van der Waals surface area contributed by atoms with Crippen LogP contribution in [0, 0.1) is 5.92 Å². The lowest BCUT2D eigenvalue weighted by Gasteiger charge is -2.13. The zero-order valence-electron chi connectivity index (χ0n) is 11.0. The summed E-state index contributed by atoms with van der Waals surface area (Å²) >= 11 is 4.84. The van der Waals surface area contributed by atoms with Crippen molar-refractivity contribution in [3.05, 3.63) is 0 Å². The molecule has 3 N–H and O–H groups in total. The van der Waals surface area contributed by atoms with Crippen molar-refractivity contribution in [3.8, 4) is 0 Å². The van der Waals surface area contributed by atoms with Gasteiger partial charge in [0.1, 0.15) is 0 Å². The van der Waals surface area contributed by atoms with E-state index in [1.807, 2.05) is 20.8 Å². The third-order valence-corrected chi connectivity index (χ3v) is 2.67. The number of hydrogen-bond acceptors (Lipinski definition) is 3. The van der Waals surface area contributed by atoms with Crippen molar-refractivity contribution in [1.82, 2.24) is 5.32 Å². The van der Waals surface area contributed by atoms with E-state index in [-0.39, 0.29) is 22.9 Å². The van der Waals surface area contributed by atoms with Crippen LogP contribution in [0.1, 0.15) is 40.0 Å². The number of nitrogens with two attached hydrogens (primary N) is 1. The first kappa shape index (κ1) is 16.3. The number of carbonyl (C=O) groups is 1. The molecule has 0 rings (SSSR count). The standard InChI is InChI=1S/C12H24N2O2S/c1-4-10(11(13)17)12(15)14-7-5-6-8-16-9(2)3/h9-10H,4-8H2,1-3H3,(H2,13,17)(H,14,15). The molecular weight excluding hydrogens is 236 g/mol. The molecule has 0 saturated carbocycles. The quantitative estimate of drug-likeness (QED) is 0.488. The Morgan fingerprint density at radius 1 is 1.41 bits per heavy atom. The summed E-state index contributed by atoms with van der Waals surface area (Å²) in [5.74, 6) is -0.401. The van der Waals surface area contributed by atoms with Crippen LogP contribution in [0.25, 0.3) is 0 Å². The van der Waals surface area contributed by atoms with Gasteiger partial charge in [0, 0.05) is 13.2 Å². The van der Waals surface area contributed by atoms with E-state index in [0.717, 1.165) is 19.4 Å². The maximum atomic E-state index is 11.6. The third kappa shape index (κ3) is 8.10. The minimum Gasteiger partial charge on any atom is -0.393 e. The highest BCUT2D eigenvalue weighted by Crippen LogP contribution is 2.03. The Hall–Kier alpha value is -0.680. The Balaban J connectivity index is 3.60. The Kier molecular flexibility index (Phi) is 8.99. The lowest BCUT2D eigenvalue weighted by molar-refractivity contribution is -0.123. The lowest BCUT2D eigenvalue weighted by Crippen LogP contribution is -2.37. The Bertz CT molecular complexity index is 245. The Morgan fingerprint density at radius 3 is 2.53 bits per heavy atom. The lowest BCUT2D eigenvalue weighted by atomic mass is 10.1. The fraction of sp³-hybridized carbons (Fsp3) is 0.833. The molecular formula is C12H24N2O2S. The molecule has 0 aromatic rings. The van der Waals surface area contributed by atoms with Crippen LogP contribution in [0.15, 0.2) is 0 Å². The first-order valence-electron chi connectivity index (χ1n) is 6.17. The van der Waals surface area contributed by atoms with Crippen LogP contribution in [-0.4, -0.2) is 30.2 Å². The van der Waals surface area contributed by atoms with Gasteiger partial charge in [-0.2, -0.15) is 0 Å². The van der Waals surface area contributed by atoms with Crippen molar-refractivity contribution >= 4 is 23.1 Å². The molecule has 1 atom stereocenters. The monoisotopic (exact) mass is 260 g/mol. The fourth-order valence-electron chi connectivity index (χ4n) is 1.40. The van der Waals surface area contributed by atoms with E-state index < -0.39 is 0 Å². The summed E-state index contributed by atoms with van der Waals surface area (Å²) in [5.41, 5.74) is 5.48. The van der Waals surface area contributed by atoms with Gasteiger partial charge in [0.25, 0.3) is 0 Å². The smallest absolute Gasteiger partial charge is 0.229 e. The van der Waals surface area contributed by atoms with Crippen LogP contribution >= 0.6 is 12.2 Å². The molecule has 100 valence electrons. The summed E-state index contributed by atoms with van der Waals surface area (Å²) in [6.07, 6.45) is 2.77. The third-order valence-electron chi connectivity index (χ3n) is 2.39. The summed E-state index contributed by atoms with van der Waals surface area (Å²) in [5, 5.41) is 2.84. The molecule has 0 aliphatic rings. The number of nitrogens with one attached hydrogen (secondary N) is 1. The SMILES string of the molecule is CCC(C(=O)NCCCCOC(C)C)C(N)=S. The molecule has 1 amide bonds. The first-order chi connectivity index (χ1) is 7.99. The first-order valence-corrected chi connectivity index (χ1v) is 6.58. The number of amides is 1. The molecule has 4 nitrogen and oxygen atoms in total. The normalized spacial score (nSPS) is 12.5. The fourth-order valence-corrected chi connectivity index (χ4v) is 1.67. The number of carbonyl (C=O) groups excluding carboxylic acids is 1. The van der Waals surface area contributed by atoms with Gasteiger partial charge in [0.2, 0.25) is 5.91 Å². The van der Waals surface area contributed by atoms with Crippen molar-refractivity contribution in [1.29, 1.82) is 0 Å². The molecule has 0 aliphatic heterocycles. The van der Waals surface area contributed by atoms with E-state index in [0.29, 0.717) is 13.0 Å². The molecule has 0 fully saturated rings. The molecule has 0 aromatic carbocycles. The van der Waals surface area contributed by atoms with Gasteiger partial charge in [0.05, 0.1) is 17.0 Å². The molecule has 5 heteroatoms. The number of ether oxygens (including phenoxy) is 1. The molecule has 0 heterocycles. The molecule has 0 bridgehead atoms. The van der Waals surface area contributed by atoms with E-state index in [4.69, 9.17) is 22.7 Å². The number of thiocarbonyl (C=S) groups is 1. The second-order valence-electron chi connectivity index (χ2n) is 4.28. The predicted octanol–water partition coefficient (Wildman–Crippen LogP) is 1.62. The molecule has 1 unspecified atom stereocenters. The maximum absolute atomic E-state index is 11.6. The second-order valence-corrected chi connectivity index (χ2v) is 4.75. The highest BCUT2D eigenvalue weighted by atomic mass is 32.1. The highest BCUT2D eigenvalue weighted by Gasteiger charge is 2.18. The van der Waals surface area contributed by atoms with Crippen LogP contribution in [0.4, 0.5) is 0 Å². The molecule has 0 spiro atoms. The zero-order chi connectivity index (χ0) is 13.3. The van der Waals surface area contributed by atoms with Crippen LogP contribution < -0.4 is 11.1 Å². The molecule has 0 radical (unpaired) electrons. The minimum atomic E-state index is -0.336. The Morgan fingerprint density at radius 2 is 2.06 bits per heavy atom. The van der Waals surface area contributed by atoms with Crippen LogP contribution in [0.2, 0.25) is 0 Å². The molecule has 17 heavy (non-hydrogen) atoms. The van der Waals surface area contributed by atoms with E-state index in [9.17, 15) is 4.79 Å². The number of hydrogen-bond donors (Lipinski definition) is 2. The average molecular weight is 260 g/mol. The van der Waals surface area contributed by atoms with Crippen molar-refractivity contribution in [3.63, 3.8) is 0 Å². The van der Waals surface area contributed by atoms with Gasteiger partial charge in [-0.15, -0.1) is 0 Å². The van der Waals surface area contributed by atoms with E-state index in [1.54, 1.807) is 0 Å². The van der Waals surface area contributed by atoms with Crippen LogP contribution in [0.3, 0.4) is 0 Å². The van der Waals surface area contributed by atoms with Crippen molar-refractivity contribution in [2.45, 2.75) is 46.1 Å². The van der Waals surface area contributed by atoms with Crippen molar-refractivity contribution in [2.24, 2.45) is 11.7 Å². The van der Waals surface area contributed by atoms with Gasteiger partial charge in [-0.3, -0.25) is 4.79 Å². The summed E-state index contributed by atoms with van der Waals surface area (Å²) in [7, 11) is 0. The van der Waals surface area contributed by atoms with Gasteiger partial charge < -0.3 is 15.8 Å². The van der Waals surface area contributed by atoms with Crippen molar-refractivity contribution in [2.75, 3.05) is 13.2 Å². The average Bonchev–Trinajstić information content (AvgIpc) is 2.23. The topological polar surface area (TPSA) is 64.3 Å². The summed E-state index contributed by atoms with van der Waals surface area (Å²) in [6.45, 7) is 7.31. The van der Waals surface area contributed by atoms with Gasteiger partial charge in [-0.1, -0.05) is 19.1 Å². The molecule has 0 aromatic heterocycles. The molecule has 0 saturated heterocycles.